The van der Waals surface area contributed by atoms with Crippen LogP contribution in [0, 0.1) is 12.8 Å². The van der Waals surface area contributed by atoms with E-state index in [-0.39, 0.29) is 6.61 Å². The highest BCUT2D eigenvalue weighted by Crippen LogP contribution is 2.32. The summed E-state index contributed by atoms with van der Waals surface area (Å²) in [5, 5.41) is 9.32. The minimum absolute atomic E-state index is 0.287. The van der Waals surface area contributed by atoms with Crippen LogP contribution >= 0.6 is 0 Å². The number of hydrogen-bond acceptors (Lipinski definition) is 4. The molecule has 0 aromatic heterocycles. The van der Waals surface area contributed by atoms with Crippen LogP contribution in [0.15, 0.2) is 12.1 Å². The van der Waals surface area contributed by atoms with Gasteiger partial charge in [-0.25, -0.2) is 0 Å². The Balaban J connectivity index is 2.14. The summed E-state index contributed by atoms with van der Waals surface area (Å²) in [5.41, 5.74) is 2.23. The highest BCUT2D eigenvalue weighted by Gasteiger charge is 2.21. The zero-order valence-electron chi connectivity index (χ0n) is 12.7. The Bertz CT molecular complexity index is 448. The average Bonchev–Trinajstić information content (AvgIpc) is 2.48. The van der Waals surface area contributed by atoms with Crippen LogP contribution < -0.4 is 9.47 Å². The molecule has 1 aliphatic rings. The first-order valence-electron chi connectivity index (χ1n) is 7.23. The van der Waals surface area contributed by atoms with Gasteiger partial charge in [0, 0.05) is 30.8 Å². The largest absolute Gasteiger partial charge is 0.496 e. The number of piperidine rings is 1. The molecular weight excluding hydrogens is 254 g/mol. The number of aliphatic hydroxyl groups is 1. The van der Waals surface area contributed by atoms with E-state index in [0.29, 0.717) is 5.92 Å². The Morgan fingerprint density at radius 2 is 2.10 bits per heavy atom. The van der Waals surface area contributed by atoms with Crippen LogP contribution in [0.5, 0.6) is 11.5 Å². The molecule has 0 unspecified atom stereocenters. The third kappa shape index (κ3) is 3.25. The summed E-state index contributed by atoms with van der Waals surface area (Å²) in [4.78, 5) is 2.40. The second-order valence-corrected chi connectivity index (χ2v) is 5.51. The van der Waals surface area contributed by atoms with E-state index < -0.39 is 0 Å². The molecule has 2 rings (SSSR count). The number of likely N-dealkylation sites (tertiary alicyclic amines) is 1. The number of aliphatic hydroxyl groups excluding tert-OH is 1. The van der Waals surface area contributed by atoms with Crippen LogP contribution in [0.1, 0.15) is 24.0 Å². The molecular formula is C16H25NO3. The van der Waals surface area contributed by atoms with E-state index in [2.05, 4.69) is 11.0 Å². The number of methoxy groups -OCH3 is 2. The molecule has 1 aromatic rings. The molecule has 0 saturated carbocycles. The van der Waals surface area contributed by atoms with Gasteiger partial charge in [-0.2, -0.15) is 0 Å². The van der Waals surface area contributed by atoms with Crippen molar-refractivity contribution in [3.8, 4) is 11.5 Å². The van der Waals surface area contributed by atoms with Crippen molar-refractivity contribution in [2.45, 2.75) is 26.3 Å². The van der Waals surface area contributed by atoms with E-state index in [1.54, 1.807) is 14.2 Å². The van der Waals surface area contributed by atoms with Crippen molar-refractivity contribution in [1.29, 1.82) is 0 Å². The topological polar surface area (TPSA) is 41.9 Å². The van der Waals surface area contributed by atoms with Crippen molar-refractivity contribution in [1.82, 2.24) is 4.90 Å². The van der Waals surface area contributed by atoms with Crippen LogP contribution in [0.25, 0.3) is 0 Å². The van der Waals surface area contributed by atoms with Crippen molar-refractivity contribution in [2.75, 3.05) is 33.9 Å². The van der Waals surface area contributed by atoms with Gasteiger partial charge in [0.05, 0.1) is 14.2 Å². The highest BCUT2D eigenvalue weighted by molar-refractivity contribution is 5.49. The fourth-order valence-corrected chi connectivity index (χ4v) is 3.04. The summed E-state index contributed by atoms with van der Waals surface area (Å²) in [6, 6.07) is 4.08. The number of benzene rings is 1. The van der Waals surface area contributed by atoms with Crippen molar-refractivity contribution in [3.63, 3.8) is 0 Å². The lowest BCUT2D eigenvalue weighted by Crippen LogP contribution is -2.36. The maximum Gasteiger partial charge on any atom is 0.129 e. The summed E-state index contributed by atoms with van der Waals surface area (Å²) in [6.07, 6.45) is 2.29. The van der Waals surface area contributed by atoms with E-state index in [4.69, 9.17) is 9.47 Å². The molecule has 112 valence electrons. The molecule has 0 bridgehead atoms. The summed E-state index contributed by atoms with van der Waals surface area (Å²) in [7, 11) is 3.38. The fourth-order valence-electron chi connectivity index (χ4n) is 3.04. The molecule has 1 fully saturated rings. The van der Waals surface area contributed by atoms with E-state index in [1.807, 2.05) is 13.0 Å². The second kappa shape index (κ2) is 6.95. The molecule has 0 amide bonds. The third-order valence-electron chi connectivity index (χ3n) is 4.12. The predicted octanol–water partition coefficient (Wildman–Crippen LogP) is 2.22. The Morgan fingerprint density at radius 3 is 2.75 bits per heavy atom. The standard InChI is InChI=1S/C16H25NO3/c1-12-15(19-2)7-6-14(16(12)20-3)10-17-8-4-5-13(9-17)11-18/h6-7,13,18H,4-5,8-11H2,1-3H3/t13-/m0/s1. The number of rotatable bonds is 5. The molecule has 1 atom stereocenters. The SMILES string of the molecule is COc1ccc(CN2CCC[C@H](CO)C2)c(OC)c1C. The molecule has 0 radical (unpaired) electrons. The number of nitrogens with zero attached hydrogens (tertiary/aromatic N) is 1. The first kappa shape index (κ1) is 15.1. The minimum atomic E-state index is 0.287. The maximum absolute atomic E-state index is 9.32. The summed E-state index contributed by atoms with van der Waals surface area (Å²) in [5.74, 6) is 2.18. The molecule has 0 spiro atoms. The van der Waals surface area contributed by atoms with Gasteiger partial charge in [-0.15, -0.1) is 0 Å². The van der Waals surface area contributed by atoms with Crippen LogP contribution in [0.3, 0.4) is 0 Å². The first-order chi connectivity index (χ1) is 9.69. The highest BCUT2D eigenvalue weighted by atomic mass is 16.5. The van der Waals surface area contributed by atoms with Crippen molar-refractivity contribution in [3.05, 3.63) is 23.3 Å². The quantitative estimate of drug-likeness (QED) is 0.897. The van der Waals surface area contributed by atoms with Gasteiger partial charge in [0.1, 0.15) is 11.5 Å². The Morgan fingerprint density at radius 1 is 1.30 bits per heavy atom. The Labute approximate surface area is 121 Å². The molecule has 4 nitrogen and oxygen atoms in total. The average molecular weight is 279 g/mol. The van der Waals surface area contributed by atoms with E-state index in [0.717, 1.165) is 49.5 Å². The van der Waals surface area contributed by atoms with Gasteiger partial charge >= 0.3 is 0 Å². The van der Waals surface area contributed by atoms with Gasteiger partial charge in [-0.05, 0) is 38.3 Å². The number of hydrogen-bond donors (Lipinski definition) is 1. The summed E-state index contributed by atoms with van der Waals surface area (Å²) >= 11 is 0. The predicted molar refractivity (Wildman–Crippen MR) is 79.4 cm³/mol. The molecule has 4 heteroatoms. The molecule has 1 aromatic carbocycles. The second-order valence-electron chi connectivity index (χ2n) is 5.51. The summed E-state index contributed by atoms with van der Waals surface area (Å²) < 4.78 is 10.9. The fraction of sp³-hybridized carbons (Fsp3) is 0.625. The van der Waals surface area contributed by atoms with Gasteiger partial charge in [0.2, 0.25) is 0 Å². The van der Waals surface area contributed by atoms with Crippen LogP contribution in [-0.4, -0.2) is 43.9 Å². The third-order valence-corrected chi connectivity index (χ3v) is 4.12. The molecule has 1 saturated heterocycles. The molecule has 1 N–H and O–H groups in total. The van der Waals surface area contributed by atoms with Crippen LogP contribution in [0.4, 0.5) is 0 Å². The Hall–Kier alpha value is -1.26. The zero-order chi connectivity index (χ0) is 14.5. The maximum atomic E-state index is 9.32. The zero-order valence-corrected chi connectivity index (χ0v) is 12.7. The molecule has 0 aliphatic carbocycles. The van der Waals surface area contributed by atoms with Crippen molar-refractivity contribution < 1.29 is 14.6 Å². The normalized spacial score (nSPS) is 19.9. The number of ether oxygens (including phenoxy) is 2. The van der Waals surface area contributed by atoms with E-state index in [9.17, 15) is 5.11 Å². The molecule has 20 heavy (non-hydrogen) atoms. The molecule has 1 aliphatic heterocycles. The monoisotopic (exact) mass is 279 g/mol. The van der Waals surface area contributed by atoms with Gasteiger partial charge < -0.3 is 14.6 Å². The Kier molecular flexibility index (Phi) is 5.26. The smallest absolute Gasteiger partial charge is 0.129 e. The van der Waals surface area contributed by atoms with Crippen molar-refractivity contribution >= 4 is 0 Å². The van der Waals surface area contributed by atoms with Crippen molar-refractivity contribution in [2.24, 2.45) is 5.92 Å². The first-order valence-corrected chi connectivity index (χ1v) is 7.23. The van der Waals surface area contributed by atoms with Gasteiger partial charge in [-0.1, -0.05) is 6.07 Å². The van der Waals surface area contributed by atoms with E-state index >= 15 is 0 Å². The van der Waals surface area contributed by atoms with Gasteiger partial charge in [0.25, 0.3) is 0 Å². The van der Waals surface area contributed by atoms with Gasteiger partial charge in [0.15, 0.2) is 0 Å². The lowest BCUT2D eigenvalue weighted by molar-refractivity contribution is 0.115. The van der Waals surface area contributed by atoms with Crippen LogP contribution in [0.2, 0.25) is 0 Å². The van der Waals surface area contributed by atoms with E-state index in [1.165, 1.54) is 5.56 Å². The lowest BCUT2D eigenvalue weighted by atomic mass is 9.98. The van der Waals surface area contributed by atoms with Crippen LogP contribution in [-0.2, 0) is 6.54 Å². The lowest BCUT2D eigenvalue weighted by Gasteiger charge is -2.32. The van der Waals surface area contributed by atoms with Gasteiger partial charge in [-0.3, -0.25) is 4.90 Å². The minimum Gasteiger partial charge on any atom is -0.496 e. The summed E-state index contributed by atoms with van der Waals surface area (Å²) in [6.45, 7) is 5.23. The molecule has 1 heterocycles.